The van der Waals surface area contributed by atoms with Crippen LogP contribution in [0.15, 0.2) is 48.5 Å². The standard InChI is InChI=1S/C20H27O3P/c1-4-5-6-7-16-21-24(22-19-12-8-17(2)9-13-19)23-20-14-10-18(3)11-15-20/h8-15H,4-7,16H2,1-3H3. The normalized spacial score (nSPS) is 10.8. The molecule has 0 saturated heterocycles. The fraction of sp³-hybridized carbons (Fsp3) is 0.400. The molecule has 4 heteroatoms. The molecule has 0 heterocycles. The summed E-state index contributed by atoms with van der Waals surface area (Å²) in [4.78, 5) is 0. The van der Waals surface area contributed by atoms with E-state index >= 15 is 0 Å². The van der Waals surface area contributed by atoms with Crippen LogP contribution >= 0.6 is 8.60 Å². The van der Waals surface area contributed by atoms with Gasteiger partial charge in [-0.05, 0) is 44.5 Å². The van der Waals surface area contributed by atoms with E-state index < -0.39 is 8.60 Å². The summed E-state index contributed by atoms with van der Waals surface area (Å²) in [6.45, 7) is 6.97. The first-order valence-electron chi connectivity index (χ1n) is 8.59. The molecule has 0 radical (unpaired) electrons. The largest absolute Gasteiger partial charge is 0.463 e. The van der Waals surface area contributed by atoms with Gasteiger partial charge in [0.15, 0.2) is 0 Å². The average Bonchev–Trinajstić information content (AvgIpc) is 2.58. The lowest BCUT2D eigenvalue weighted by atomic mass is 10.2. The van der Waals surface area contributed by atoms with Crippen LogP contribution in [0.25, 0.3) is 0 Å². The Labute approximate surface area is 147 Å². The molecule has 24 heavy (non-hydrogen) atoms. The van der Waals surface area contributed by atoms with Crippen LogP contribution in [0.4, 0.5) is 0 Å². The third-order valence-electron chi connectivity index (χ3n) is 3.60. The van der Waals surface area contributed by atoms with Crippen LogP contribution in [0.3, 0.4) is 0 Å². The molecule has 0 fully saturated rings. The van der Waals surface area contributed by atoms with E-state index in [2.05, 4.69) is 20.8 Å². The molecule has 0 aliphatic carbocycles. The van der Waals surface area contributed by atoms with Gasteiger partial charge in [0.1, 0.15) is 11.5 Å². The van der Waals surface area contributed by atoms with Gasteiger partial charge in [-0.1, -0.05) is 61.6 Å². The second-order valence-electron chi connectivity index (χ2n) is 5.93. The lowest BCUT2D eigenvalue weighted by Crippen LogP contribution is -2.01. The highest BCUT2D eigenvalue weighted by molar-refractivity contribution is 7.42. The molecular formula is C20H27O3P. The highest BCUT2D eigenvalue weighted by Gasteiger charge is 2.17. The van der Waals surface area contributed by atoms with Crippen LogP contribution in [0.2, 0.25) is 0 Å². The van der Waals surface area contributed by atoms with Crippen LogP contribution in [-0.4, -0.2) is 6.61 Å². The van der Waals surface area contributed by atoms with Crippen molar-refractivity contribution in [2.24, 2.45) is 0 Å². The highest BCUT2D eigenvalue weighted by Crippen LogP contribution is 2.41. The number of rotatable bonds is 10. The van der Waals surface area contributed by atoms with Crippen molar-refractivity contribution in [1.82, 2.24) is 0 Å². The third-order valence-corrected chi connectivity index (χ3v) is 4.71. The fourth-order valence-corrected chi connectivity index (χ4v) is 3.12. The predicted octanol–water partition coefficient (Wildman–Crippen LogP) is 6.59. The Kier molecular flexibility index (Phi) is 8.07. The van der Waals surface area contributed by atoms with Crippen LogP contribution in [-0.2, 0) is 4.52 Å². The van der Waals surface area contributed by atoms with E-state index in [1.54, 1.807) is 0 Å². The zero-order chi connectivity index (χ0) is 17.2. The van der Waals surface area contributed by atoms with Gasteiger partial charge < -0.3 is 9.05 Å². The van der Waals surface area contributed by atoms with Crippen molar-refractivity contribution in [1.29, 1.82) is 0 Å². The van der Waals surface area contributed by atoms with Crippen LogP contribution in [0.1, 0.15) is 43.7 Å². The van der Waals surface area contributed by atoms with Gasteiger partial charge in [0, 0.05) is 0 Å². The molecule has 2 aromatic carbocycles. The van der Waals surface area contributed by atoms with E-state index in [1.807, 2.05) is 48.5 Å². The Hall–Kier alpha value is -1.57. The van der Waals surface area contributed by atoms with Crippen molar-refractivity contribution < 1.29 is 13.6 Å². The first-order valence-corrected chi connectivity index (χ1v) is 9.69. The Bertz CT molecular complexity index is 533. The molecule has 0 saturated carbocycles. The summed E-state index contributed by atoms with van der Waals surface area (Å²) in [5.41, 5.74) is 2.40. The minimum atomic E-state index is -1.45. The lowest BCUT2D eigenvalue weighted by Gasteiger charge is -2.18. The van der Waals surface area contributed by atoms with E-state index in [0.717, 1.165) is 17.9 Å². The number of aryl methyl sites for hydroxylation is 2. The first-order chi connectivity index (χ1) is 11.7. The van der Waals surface area contributed by atoms with Crippen molar-refractivity contribution in [3.63, 3.8) is 0 Å². The van der Waals surface area contributed by atoms with Crippen molar-refractivity contribution in [2.45, 2.75) is 46.5 Å². The molecule has 130 valence electrons. The summed E-state index contributed by atoms with van der Waals surface area (Å²) in [6.07, 6.45) is 4.66. The Morgan fingerprint density at radius 1 is 0.708 bits per heavy atom. The summed E-state index contributed by atoms with van der Waals surface area (Å²) in [5.74, 6) is 1.54. The summed E-state index contributed by atoms with van der Waals surface area (Å²) < 4.78 is 17.7. The average molecular weight is 346 g/mol. The number of hydrogen-bond donors (Lipinski definition) is 0. The second-order valence-corrected chi connectivity index (χ2v) is 7.00. The SMILES string of the molecule is CCCCCCOP(Oc1ccc(C)cc1)Oc1ccc(C)cc1. The zero-order valence-corrected chi connectivity index (χ0v) is 15.7. The molecule has 2 aromatic rings. The van der Waals surface area contributed by atoms with Gasteiger partial charge in [0.2, 0.25) is 0 Å². The maximum atomic E-state index is 5.93. The molecule has 0 N–H and O–H groups in total. The molecule has 0 bridgehead atoms. The molecular weight excluding hydrogens is 319 g/mol. The molecule has 0 unspecified atom stereocenters. The van der Waals surface area contributed by atoms with E-state index in [9.17, 15) is 0 Å². The number of hydrogen-bond acceptors (Lipinski definition) is 3. The first kappa shape index (κ1) is 18.8. The molecule has 3 nitrogen and oxygen atoms in total. The summed E-state index contributed by atoms with van der Waals surface area (Å²) in [6, 6.07) is 15.9. The van der Waals surface area contributed by atoms with Crippen molar-refractivity contribution in [2.75, 3.05) is 6.61 Å². The molecule has 2 rings (SSSR count). The molecule has 0 spiro atoms. The summed E-state index contributed by atoms with van der Waals surface area (Å²) in [5, 5.41) is 0. The van der Waals surface area contributed by atoms with E-state index in [0.29, 0.717) is 6.61 Å². The summed E-state index contributed by atoms with van der Waals surface area (Å²) in [7, 11) is -1.45. The highest BCUT2D eigenvalue weighted by atomic mass is 31.2. The monoisotopic (exact) mass is 346 g/mol. The molecule has 0 aliphatic rings. The van der Waals surface area contributed by atoms with Gasteiger partial charge in [-0.25, -0.2) is 0 Å². The fourth-order valence-electron chi connectivity index (χ4n) is 2.11. The number of unbranched alkanes of at least 4 members (excludes halogenated alkanes) is 3. The smallest absolute Gasteiger partial charge is 0.418 e. The predicted molar refractivity (Wildman–Crippen MR) is 101 cm³/mol. The zero-order valence-electron chi connectivity index (χ0n) is 14.8. The van der Waals surface area contributed by atoms with Crippen LogP contribution in [0, 0.1) is 13.8 Å². The summed E-state index contributed by atoms with van der Waals surface area (Å²) >= 11 is 0. The van der Waals surface area contributed by atoms with Crippen molar-refractivity contribution in [3.8, 4) is 11.5 Å². The minimum Gasteiger partial charge on any atom is -0.418 e. The van der Waals surface area contributed by atoms with Gasteiger partial charge >= 0.3 is 8.60 Å². The van der Waals surface area contributed by atoms with Gasteiger partial charge in [-0.3, -0.25) is 4.52 Å². The van der Waals surface area contributed by atoms with Crippen molar-refractivity contribution in [3.05, 3.63) is 59.7 Å². The maximum absolute atomic E-state index is 5.93. The molecule has 0 aliphatic heterocycles. The maximum Gasteiger partial charge on any atom is 0.463 e. The van der Waals surface area contributed by atoms with E-state index in [1.165, 1.54) is 30.4 Å². The van der Waals surface area contributed by atoms with Gasteiger partial charge in [0.25, 0.3) is 0 Å². The van der Waals surface area contributed by atoms with Gasteiger partial charge in [-0.2, -0.15) is 0 Å². The molecule has 0 aromatic heterocycles. The van der Waals surface area contributed by atoms with Crippen molar-refractivity contribution >= 4 is 8.60 Å². The lowest BCUT2D eigenvalue weighted by molar-refractivity contribution is 0.258. The quantitative estimate of drug-likeness (QED) is 0.359. The Balaban J connectivity index is 1.94. The number of benzene rings is 2. The van der Waals surface area contributed by atoms with Crippen LogP contribution in [0.5, 0.6) is 11.5 Å². The van der Waals surface area contributed by atoms with Gasteiger partial charge in [-0.15, -0.1) is 0 Å². The third kappa shape index (κ3) is 6.90. The Morgan fingerprint density at radius 2 is 1.21 bits per heavy atom. The van der Waals surface area contributed by atoms with E-state index in [4.69, 9.17) is 13.6 Å². The minimum absolute atomic E-state index is 0.656. The topological polar surface area (TPSA) is 27.7 Å². The van der Waals surface area contributed by atoms with E-state index in [-0.39, 0.29) is 0 Å². The Morgan fingerprint density at radius 3 is 1.67 bits per heavy atom. The molecule has 0 amide bonds. The van der Waals surface area contributed by atoms with Gasteiger partial charge in [0.05, 0.1) is 6.61 Å². The second kappa shape index (κ2) is 10.3. The molecule has 0 atom stereocenters. The van der Waals surface area contributed by atoms with Crippen LogP contribution < -0.4 is 9.05 Å².